The van der Waals surface area contributed by atoms with Crippen molar-refractivity contribution in [1.82, 2.24) is 0 Å². The number of hydrogen-bond acceptors (Lipinski definition) is 2. The average molecular weight is 349 g/mol. The van der Waals surface area contributed by atoms with E-state index in [4.69, 9.17) is 0 Å². The van der Waals surface area contributed by atoms with Gasteiger partial charge in [0.15, 0.2) is 0 Å². The zero-order valence-corrected chi connectivity index (χ0v) is 13.4. The number of hydrogen-bond donors (Lipinski definition) is 1. The van der Waals surface area contributed by atoms with Gasteiger partial charge in [-0.15, -0.1) is 0 Å². The van der Waals surface area contributed by atoms with Crippen molar-refractivity contribution in [2.45, 2.75) is 19.4 Å². The van der Waals surface area contributed by atoms with Gasteiger partial charge in [0.25, 0.3) is 0 Å². The third kappa shape index (κ3) is 3.56. The summed E-state index contributed by atoms with van der Waals surface area (Å²) >= 11 is 3.37. The Kier molecular flexibility index (Phi) is 4.44. The molecule has 0 aliphatic carbocycles. The second kappa shape index (κ2) is 6.48. The maximum atomic E-state index is 13.7. The Bertz CT molecular complexity index is 607. The molecule has 4 heteroatoms. The highest BCUT2D eigenvalue weighted by Gasteiger charge is 2.11. The van der Waals surface area contributed by atoms with Gasteiger partial charge in [-0.3, -0.25) is 0 Å². The van der Waals surface area contributed by atoms with Crippen molar-refractivity contribution in [3.63, 3.8) is 0 Å². The first-order chi connectivity index (χ1) is 10.2. The van der Waals surface area contributed by atoms with E-state index in [1.807, 2.05) is 0 Å². The van der Waals surface area contributed by atoms with Gasteiger partial charge in [0.2, 0.25) is 0 Å². The van der Waals surface area contributed by atoms with Crippen molar-refractivity contribution in [3.05, 3.63) is 58.3 Å². The second-order valence-electron chi connectivity index (χ2n) is 5.33. The molecular weight excluding hydrogens is 331 g/mol. The maximum absolute atomic E-state index is 13.7. The molecule has 0 saturated carbocycles. The van der Waals surface area contributed by atoms with E-state index in [0.717, 1.165) is 23.2 Å². The molecule has 1 saturated heterocycles. The minimum Gasteiger partial charge on any atom is -0.381 e. The van der Waals surface area contributed by atoms with Crippen LogP contribution in [0.15, 0.2) is 46.9 Å². The number of nitrogens with one attached hydrogen (secondary N) is 1. The van der Waals surface area contributed by atoms with Crippen LogP contribution in [0.25, 0.3) is 0 Å². The van der Waals surface area contributed by atoms with Gasteiger partial charge in [-0.1, -0.05) is 15.9 Å². The number of benzene rings is 2. The van der Waals surface area contributed by atoms with Crippen LogP contribution in [-0.2, 0) is 6.54 Å². The molecule has 0 amide bonds. The van der Waals surface area contributed by atoms with Crippen molar-refractivity contribution >= 4 is 27.3 Å². The Morgan fingerprint density at radius 1 is 1.05 bits per heavy atom. The van der Waals surface area contributed by atoms with Gasteiger partial charge in [-0.25, -0.2) is 4.39 Å². The van der Waals surface area contributed by atoms with Gasteiger partial charge < -0.3 is 10.2 Å². The number of halogens is 2. The summed E-state index contributed by atoms with van der Waals surface area (Å²) in [7, 11) is 0. The summed E-state index contributed by atoms with van der Waals surface area (Å²) in [5.74, 6) is -0.181. The first-order valence-electron chi connectivity index (χ1n) is 7.25. The van der Waals surface area contributed by atoms with E-state index in [0.29, 0.717) is 12.1 Å². The molecule has 0 radical (unpaired) electrons. The lowest BCUT2D eigenvalue weighted by molar-refractivity contribution is 0.612. The van der Waals surface area contributed by atoms with E-state index in [1.54, 1.807) is 12.1 Å². The number of nitrogens with zero attached hydrogens (tertiary/aromatic N) is 1. The molecule has 1 fully saturated rings. The molecule has 2 aromatic rings. The zero-order valence-electron chi connectivity index (χ0n) is 11.8. The zero-order chi connectivity index (χ0) is 14.7. The van der Waals surface area contributed by atoms with Gasteiger partial charge in [-0.2, -0.15) is 0 Å². The maximum Gasteiger partial charge on any atom is 0.128 e. The first-order valence-corrected chi connectivity index (χ1v) is 8.04. The summed E-state index contributed by atoms with van der Waals surface area (Å²) in [5, 5.41) is 3.27. The molecule has 0 spiro atoms. The van der Waals surface area contributed by atoms with Crippen molar-refractivity contribution in [2.24, 2.45) is 0 Å². The molecule has 110 valence electrons. The summed E-state index contributed by atoms with van der Waals surface area (Å²) in [6.45, 7) is 2.78. The molecule has 1 heterocycles. The molecule has 0 bridgehead atoms. The summed E-state index contributed by atoms with van der Waals surface area (Å²) in [6.07, 6.45) is 2.56. The van der Waals surface area contributed by atoms with Gasteiger partial charge in [0.05, 0.1) is 0 Å². The monoisotopic (exact) mass is 348 g/mol. The standard InChI is InChI=1S/C17H18BrFN2/c18-14-3-8-17(19)13(11-14)12-20-15-4-6-16(7-5-15)21-9-1-2-10-21/h3-8,11,20H,1-2,9-10,12H2. The predicted molar refractivity (Wildman–Crippen MR) is 89.3 cm³/mol. The fourth-order valence-corrected chi connectivity index (χ4v) is 3.05. The first kappa shape index (κ1) is 14.4. The molecule has 1 aliphatic rings. The van der Waals surface area contributed by atoms with Crippen LogP contribution in [0.1, 0.15) is 18.4 Å². The van der Waals surface area contributed by atoms with Crippen molar-refractivity contribution in [2.75, 3.05) is 23.3 Å². The van der Waals surface area contributed by atoms with Gasteiger partial charge >= 0.3 is 0 Å². The fourth-order valence-electron chi connectivity index (χ4n) is 2.64. The van der Waals surface area contributed by atoms with E-state index in [2.05, 4.69) is 50.4 Å². The van der Waals surface area contributed by atoms with Crippen LogP contribution < -0.4 is 10.2 Å². The van der Waals surface area contributed by atoms with Crippen LogP contribution >= 0.6 is 15.9 Å². The topological polar surface area (TPSA) is 15.3 Å². The van der Waals surface area contributed by atoms with E-state index >= 15 is 0 Å². The summed E-state index contributed by atoms with van der Waals surface area (Å²) in [5.41, 5.74) is 2.94. The SMILES string of the molecule is Fc1ccc(Br)cc1CNc1ccc(N2CCCC2)cc1. The summed E-state index contributed by atoms with van der Waals surface area (Å²) in [4.78, 5) is 2.40. The van der Waals surface area contributed by atoms with E-state index in [1.165, 1.54) is 24.6 Å². The molecule has 0 unspecified atom stereocenters. The van der Waals surface area contributed by atoms with Gasteiger partial charge in [-0.05, 0) is 55.3 Å². The Morgan fingerprint density at radius 3 is 2.48 bits per heavy atom. The van der Waals surface area contributed by atoms with Gasteiger partial charge in [0.1, 0.15) is 5.82 Å². The third-order valence-corrected chi connectivity index (χ3v) is 4.32. The molecular formula is C17H18BrFN2. The van der Waals surface area contributed by atoms with Crippen LogP contribution in [0, 0.1) is 5.82 Å². The quantitative estimate of drug-likeness (QED) is 0.853. The van der Waals surface area contributed by atoms with E-state index < -0.39 is 0 Å². The minimum absolute atomic E-state index is 0.181. The fraction of sp³-hybridized carbons (Fsp3) is 0.294. The van der Waals surface area contributed by atoms with E-state index in [-0.39, 0.29) is 5.82 Å². The van der Waals surface area contributed by atoms with Gasteiger partial charge in [0, 0.05) is 41.0 Å². The molecule has 0 aromatic heterocycles. The van der Waals surface area contributed by atoms with Crippen LogP contribution in [0.3, 0.4) is 0 Å². The Labute approximate surface area is 133 Å². The molecule has 3 rings (SSSR count). The smallest absolute Gasteiger partial charge is 0.128 e. The third-order valence-electron chi connectivity index (χ3n) is 3.83. The highest BCUT2D eigenvalue weighted by Crippen LogP contribution is 2.23. The van der Waals surface area contributed by atoms with Crippen molar-refractivity contribution in [1.29, 1.82) is 0 Å². The highest BCUT2D eigenvalue weighted by molar-refractivity contribution is 9.10. The number of anilines is 2. The average Bonchev–Trinajstić information content (AvgIpc) is 3.03. The normalized spacial score (nSPS) is 14.5. The molecule has 2 nitrogen and oxygen atoms in total. The van der Waals surface area contributed by atoms with Crippen LogP contribution in [-0.4, -0.2) is 13.1 Å². The molecule has 2 aromatic carbocycles. The molecule has 21 heavy (non-hydrogen) atoms. The Balaban J connectivity index is 1.64. The Hall–Kier alpha value is -1.55. The summed E-state index contributed by atoms with van der Waals surface area (Å²) < 4.78 is 14.6. The second-order valence-corrected chi connectivity index (χ2v) is 6.25. The largest absolute Gasteiger partial charge is 0.381 e. The van der Waals surface area contributed by atoms with Crippen LogP contribution in [0.2, 0.25) is 0 Å². The molecule has 1 N–H and O–H groups in total. The summed E-state index contributed by atoms with van der Waals surface area (Å²) in [6, 6.07) is 13.4. The lowest BCUT2D eigenvalue weighted by Gasteiger charge is -2.18. The Morgan fingerprint density at radius 2 is 1.76 bits per heavy atom. The minimum atomic E-state index is -0.181. The number of rotatable bonds is 4. The lowest BCUT2D eigenvalue weighted by Crippen LogP contribution is -2.17. The molecule has 0 atom stereocenters. The molecule has 1 aliphatic heterocycles. The van der Waals surface area contributed by atoms with Crippen molar-refractivity contribution < 1.29 is 4.39 Å². The van der Waals surface area contributed by atoms with E-state index in [9.17, 15) is 4.39 Å². The highest BCUT2D eigenvalue weighted by atomic mass is 79.9. The van der Waals surface area contributed by atoms with Crippen LogP contribution in [0.5, 0.6) is 0 Å². The van der Waals surface area contributed by atoms with Crippen LogP contribution in [0.4, 0.5) is 15.8 Å². The lowest BCUT2D eigenvalue weighted by atomic mass is 10.2. The predicted octanol–water partition coefficient (Wildman–Crippen LogP) is 4.80. The van der Waals surface area contributed by atoms with Crippen molar-refractivity contribution in [3.8, 4) is 0 Å².